The number of hydrogen-bond acceptors (Lipinski definition) is 1. The van der Waals surface area contributed by atoms with E-state index in [9.17, 15) is 4.79 Å². The Balaban J connectivity index is 1.71. The molecule has 1 atom stereocenters. The van der Waals surface area contributed by atoms with Crippen LogP contribution < -0.4 is 5.32 Å². The minimum atomic E-state index is -0.0775. The lowest BCUT2D eigenvalue weighted by Gasteiger charge is -2.28. The summed E-state index contributed by atoms with van der Waals surface area (Å²) in [5.74, 6) is 0. The van der Waals surface area contributed by atoms with E-state index in [-0.39, 0.29) is 12.1 Å². The van der Waals surface area contributed by atoms with Gasteiger partial charge in [-0.15, -0.1) is 0 Å². The molecule has 4 heteroatoms. The number of urea groups is 1. The van der Waals surface area contributed by atoms with Gasteiger partial charge in [-0.2, -0.15) is 0 Å². The maximum absolute atomic E-state index is 13.0. The number of amides is 2. The van der Waals surface area contributed by atoms with Crippen LogP contribution in [0.25, 0.3) is 5.69 Å². The quantitative estimate of drug-likeness (QED) is 0.677. The molecule has 25 heavy (non-hydrogen) atoms. The van der Waals surface area contributed by atoms with Crippen molar-refractivity contribution >= 4 is 11.7 Å². The van der Waals surface area contributed by atoms with Crippen molar-refractivity contribution in [3.8, 4) is 5.69 Å². The van der Waals surface area contributed by atoms with E-state index in [1.165, 1.54) is 0 Å². The van der Waals surface area contributed by atoms with Gasteiger partial charge in [0.25, 0.3) is 0 Å². The number of anilines is 1. The van der Waals surface area contributed by atoms with Crippen LogP contribution in [0.5, 0.6) is 0 Å². The van der Waals surface area contributed by atoms with E-state index in [2.05, 4.69) is 41.2 Å². The Kier molecular flexibility index (Phi) is 3.80. The summed E-state index contributed by atoms with van der Waals surface area (Å²) >= 11 is 0. The Morgan fingerprint density at radius 2 is 1.80 bits per heavy atom. The first-order valence-corrected chi connectivity index (χ1v) is 8.54. The van der Waals surface area contributed by atoms with Gasteiger partial charge in [-0.25, -0.2) is 4.79 Å². The predicted octanol–water partition coefficient (Wildman–Crippen LogP) is 4.89. The number of hydrogen-bond donors (Lipinski definition) is 1. The number of aromatic nitrogens is 1. The fourth-order valence-corrected chi connectivity index (χ4v) is 3.46. The second-order valence-corrected chi connectivity index (χ2v) is 6.48. The lowest BCUT2D eigenvalue weighted by Crippen LogP contribution is -2.36. The lowest BCUT2D eigenvalue weighted by molar-refractivity contribution is 0.189. The van der Waals surface area contributed by atoms with Crippen molar-refractivity contribution in [2.75, 3.05) is 5.32 Å². The summed E-state index contributed by atoms with van der Waals surface area (Å²) in [4.78, 5) is 14.9. The van der Waals surface area contributed by atoms with Crippen LogP contribution in [0.4, 0.5) is 10.5 Å². The molecule has 4 nitrogen and oxygen atoms in total. The standard InChI is InChI=1S/C21H21N3O/c1-15-8-3-5-10-18(15)22-21(25)24-14-17-9-4-6-11-20(17)23-13-7-12-19(23)16(24)2/h3-13,16H,14H2,1-2H3,(H,22,25). The van der Waals surface area contributed by atoms with Crippen LogP contribution in [-0.4, -0.2) is 15.5 Å². The minimum Gasteiger partial charge on any atom is -0.318 e. The first kappa shape index (κ1) is 15.5. The topological polar surface area (TPSA) is 37.3 Å². The molecule has 2 aromatic carbocycles. The van der Waals surface area contributed by atoms with Gasteiger partial charge in [0.05, 0.1) is 18.3 Å². The molecule has 2 amide bonds. The van der Waals surface area contributed by atoms with Crippen molar-refractivity contribution in [1.29, 1.82) is 0 Å². The average Bonchev–Trinajstić information content (AvgIpc) is 3.07. The number of nitrogens with one attached hydrogen (secondary N) is 1. The maximum Gasteiger partial charge on any atom is 0.322 e. The van der Waals surface area contributed by atoms with Crippen LogP contribution in [0.2, 0.25) is 0 Å². The fourth-order valence-electron chi connectivity index (χ4n) is 3.46. The largest absolute Gasteiger partial charge is 0.322 e. The van der Waals surface area contributed by atoms with E-state index in [0.29, 0.717) is 6.54 Å². The summed E-state index contributed by atoms with van der Waals surface area (Å²) < 4.78 is 2.18. The van der Waals surface area contributed by atoms with Crippen molar-refractivity contribution in [2.24, 2.45) is 0 Å². The normalized spacial score (nSPS) is 15.9. The van der Waals surface area contributed by atoms with E-state index in [1.54, 1.807) is 0 Å². The first-order valence-electron chi connectivity index (χ1n) is 8.54. The highest BCUT2D eigenvalue weighted by Crippen LogP contribution is 2.32. The molecular weight excluding hydrogens is 310 g/mol. The summed E-state index contributed by atoms with van der Waals surface area (Å²) in [6.45, 7) is 4.66. The average molecular weight is 331 g/mol. The van der Waals surface area contributed by atoms with Gasteiger partial charge in [-0.3, -0.25) is 0 Å². The molecular formula is C21H21N3O. The van der Waals surface area contributed by atoms with E-state index in [1.807, 2.05) is 54.3 Å². The van der Waals surface area contributed by atoms with Gasteiger partial charge < -0.3 is 14.8 Å². The molecule has 1 aromatic heterocycles. The van der Waals surface area contributed by atoms with Gasteiger partial charge in [-0.05, 0) is 49.2 Å². The zero-order valence-corrected chi connectivity index (χ0v) is 14.4. The SMILES string of the molecule is Cc1ccccc1NC(=O)N1Cc2ccccc2-n2cccc2C1C. The Morgan fingerprint density at radius 3 is 2.64 bits per heavy atom. The second-order valence-electron chi connectivity index (χ2n) is 6.48. The van der Waals surface area contributed by atoms with Crippen molar-refractivity contribution < 1.29 is 4.79 Å². The molecule has 126 valence electrons. The minimum absolute atomic E-state index is 0.0218. The van der Waals surface area contributed by atoms with Crippen molar-refractivity contribution in [3.63, 3.8) is 0 Å². The maximum atomic E-state index is 13.0. The summed E-state index contributed by atoms with van der Waals surface area (Å²) in [7, 11) is 0. The molecule has 0 spiro atoms. The highest BCUT2D eigenvalue weighted by Gasteiger charge is 2.28. The first-order chi connectivity index (χ1) is 12.1. The molecule has 4 rings (SSSR count). The van der Waals surface area contributed by atoms with E-state index in [0.717, 1.165) is 28.2 Å². The summed E-state index contributed by atoms with van der Waals surface area (Å²) in [6.07, 6.45) is 2.06. The Bertz CT molecular complexity index is 928. The summed E-state index contributed by atoms with van der Waals surface area (Å²) in [5, 5.41) is 3.07. The number of benzene rings is 2. The molecule has 1 aliphatic heterocycles. The molecule has 1 N–H and O–H groups in total. The van der Waals surface area contributed by atoms with Gasteiger partial charge in [-0.1, -0.05) is 36.4 Å². The fraction of sp³-hybridized carbons (Fsp3) is 0.190. The molecule has 0 saturated carbocycles. The zero-order chi connectivity index (χ0) is 17.4. The van der Waals surface area contributed by atoms with Crippen molar-refractivity contribution in [3.05, 3.63) is 83.7 Å². The number of nitrogens with zero attached hydrogens (tertiary/aromatic N) is 2. The predicted molar refractivity (Wildman–Crippen MR) is 99.9 cm³/mol. The smallest absolute Gasteiger partial charge is 0.318 e. The van der Waals surface area contributed by atoms with Crippen molar-refractivity contribution in [2.45, 2.75) is 26.4 Å². The molecule has 0 radical (unpaired) electrons. The monoisotopic (exact) mass is 331 g/mol. The highest BCUT2D eigenvalue weighted by atomic mass is 16.2. The van der Waals surface area contributed by atoms with Gasteiger partial charge in [0.15, 0.2) is 0 Å². The third-order valence-corrected chi connectivity index (χ3v) is 4.92. The van der Waals surface area contributed by atoms with Gasteiger partial charge in [0, 0.05) is 17.6 Å². The van der Waals surface area contributed by atoms with E-state index in [4.69, 9.17) is 0 Å². The van der Waals surface area contributed by atoms with Crippen LogP contribution in [0, 0.1) is 6.92 Å². The number of carbonyl (C=O) groups excluding carboxylic acids is 1. The number of para-hydroxylation sites is 2. The summed E-state index contributed by atoms with van der Waals surface area (Å²) in [5.41, 5.74) is 5.31. The Morgan fingerprint density at radius 1 is 1.04 bits per heavy atom. The molecule has 0 saturated heterocycles. The zero-order valence-electron chi connectivity index (χ0n) is 14.4. The van der Waals surface area contributed by atoms with Crippen LogP contribution in [0.3, 0.4) is 0 Å². The van der Waals surface area contributed by atoms with Crippen LogP contribution in [0.15, 0.2) is 66.9 Å². The Labute approximate surface area is 147 Å². The molecule has 0 fully saturated rings. The molecule has 2 heterocycles. The molecule has 1 aliphatic rings. The third-order valence-electron chi connectivity index (χ3n) is 4.92. The van der Waals surface area contributed by atoms with Gasteiger partial charge >= 0.3 is 6.03 Å². The molecule has 0 bridgehead atoms. The summed E-state index contributed by atoms with van der Waals surface area (Å²) in [6, 6.07) is 20.1. The number of aryl methyl sites for hydroxylation is 1. The lowest BCUT2D eigenvalue weighted by atomic mass is 10.1. The molecule has 3 aromatic rings. The van der Waals surface area contributed by atoms with E-state index < -0.39 is 0 Å². The number of fused-ring (bicyclic) bond motifs is 3. The van der Waals surface area contributed by atoms with Crippen LogP contribution in [0.1, 0.15) is 29.8 Å². The van der Waals surface area contributed by atoms with Crippen LogP contribution >= 0.6 is 0 Å². The third kappa shape index (κ3) is 2.70. The Hall–Kier alpha value is -3.01. The van der Waals surface area contributed by atoms with Crippen LogP contribution in [-0.2, 0) is 6.54 Å². The van der Waals surface area contributed by atoms with Crippen molar-refractivity contribution in [1.82, 2.24) is 9.47 Å². The molecule has 1 unspecified atom stereocenters. The highest BCUT2D eigenvalue weighted by molar-refractivity contribution is 5.90. The second kappa shape index (κ2) is 6.13. The molecule has 0 aliphatic carbocycles. The van der Waals surface area contributed by atoms with Gasteiger partial charge in [0.2, 0.25) is 0 Å². The van der Waals surface area contributed by atoms with Gasteiger partial charge in [0.1, 0.15) is 0 Å². The van der Waals surface area contributed by atoms with E-state index >= 15 is 0 Å². The number of carbonyl (C=O) groups is 1. The number of rotatable bonds is 1.